The van der Waals surface area contributed by atoms with Crippen molar-refractivity contribution in [2.24, 2.45) is 0 Å². The molecule has 0 aliphatic carbocycles. The zero-order valence-electron chi connectivity index (χ0n) is 11.7. The molecule has 2 aromatic rings. The number of ketones is 1. The maximum Gasteiger partial charge on any atom is 0.200 e. The van der Waals surface area contributed by atoms with E-state index in [2.05, 4.69) is 15.9 Å². The highest BCUT2D eigenvalue weighted by atomic mass is 79.9. The molecule has 0 saturated heterocycles. The first-order valence-corrected chi connectivity index (χ1v) is 7.17. The summed E-state index contributed by atoms with van der Waals surface area (Å²) in [7, 11) is 1.40. The Morgan fingerprint density at radius 2 is 1.90 bits per heavy atom. The summed E-state index contributed by atoms with van der Waals surface area (Å²) in [4.78, 5) is 12.7. The van der Waals surface area contributed by atoms with E-state index in [1.807, 2.05) is 6.92 Å². The molecule has 0 fully saturated rings. The summed E-state index contributed by atoms with van der Waals surface area (Å²) in [6.07, 6.45) is 0. The highest BCUT2D eigenvalue weighted by Gasteiger charge is 2.20. The van der Waals surface area contributed by atoms with Crippen molar-refractivity contribution in [1.29, 1.82) is 0 Å². The molecule has 0 N–H and O–H groups in total. The zero-order valence-corrected chi connectivity index (χ0v) is 13.2. The molecule has 2 rings (SSSR count). The van der Waals surface area contributed by atoms with Gasteiger partial charge in [0.05, 0.1) is 29.3 Å². The van der Waals surface area contributed by atoms with Gasteiger partial charge in [-0.05, 0) is 41.1 Å². The van der Waals surface area contributed by atoms with Crippen LogP contribution in [0.3, 0.4) is 0 Å². The molecule has 0 aliphatic rings. The van der Waals surface area contributed by atoms with E-state index in [9.17, 15) is 9.18 Å². The highest BCUT2D eigenvalue weighted by Crippen LogP contribution is 2.30. The number of hydrogen-bond acceptors (Lipinski definition) is 3. The van der Waals surface area contributed by atoms with Gasteiger partial charge in [0.15, 0.2) is 0 Å². The van der Waals surface area contributed by atoms with Crippen molar-refractivity contribution in [2.75, 3.05) is 13.7 Å². The molecule has 110 valence electrons. The summed E-state index contributed by atoms with van der Waals surface area (Å²) in [6.45, 7) is 2.30. The van der Waals surface area contributed by atoms with Gasteiger partial charge in [-0.2, -0.15) is 0 Å². The van der Waals surface area contributed by atoms with Crippen molar-refractivity contribution in [3.05, 3.63) is 57.8 Å². The lowest BCUT2D eigenvalue weighted by atomic mass is 10.0. The average Bonchev–Trinajstić information content (AvgIpc) is 2.49. The van der Waals surface area contributed by atoms with E-state index < -0.39 is 5.82 Å². The van der Waals surface area contributed by atoms with E-state index in [1.165, 1.54) is 19.2 Å². The van der Waals surface area contributed by atoms with Crippen molar-refractivity contribution < 1.29 is 18.7 Å². The van der Waals surface area contributed by atoms with Gasteiger partial charge in [0, 0.05) is 6.07 Å². The Kier molecular flexibility index (Phi) is 4.96. The molecule has 0 unspecified atom stereocenters. The molecule has 0 aliphatic heterocycles. The number of rotatable bonds is 5. The van der Waals surface area contributed by atoms with E-state index in [1.54, 1.807) is 24.3 Å². The molecule has 3 nitrogen and oxygen atoms in total. The first-order chi connectivity index (χ1) is 10.1. The molecule has 0 radical (unpaired) electrons. The quantitative estimate of drug-likeness (QED) is 0.755. The monoisotopic (exact) mass is 352 g/mol. The number of carbonyl (C=O) groups is 1. The summed E-state index contributed by atoms with van der Waals surface area (Å²) >= 11 is 3.09. The molecule has 0 saturated carbocycles. The molecule has 5 heteroatoms. The third-order valence-electron chi connectivity index (χ3n) is 2.92. The van der Waals surface area contributed by atoms with E-state index >= 15 is 0 Å². The summed E-state index contributed by atoms with van der Waals surface area (Å²) in [5, 5.41) is 0. The zero-order chi connectivity index (χ0) is 15.4. The number of ether oxygens (including phenoxy) is 2. The van der Waals surface area contributed by atoms with Crippen molar-refractivity contribution in [3.8, 4) is 11.5 Å². The van der Waals surface area contributed by atoms with Gasteiger partial charge in [-0.25, -0.2) is 4.39 Å². The Labute approximate surface area is 130 Å². The number of benzene rings is 2. The van der Waals surface area contributed by atoms with Crippen LogP contribution in [0.4, 0.5) is 4.39 Å². The third-order valence-corrected chi connectivity index (χ3v) is 3.53. The average molecular weight is 353 g/mol. The lowest BCUT2D eigenvalue weighted by molar-refractivity contribution is 0.103. The summed E-state index contributed by atoms with van der Waals surface area (Å²) in [5.74, 6) is -0.0856. The van der Waals surface area contributed by atoms with Gasteiger partial charge < -0.3 is 9.47 Å². The van der Waals surface area contributed by atoms with Crippen molar-refractivity contribution >= 4 is 21.7 Å². The molecular weight excluding hydrogens is 339 g/mol. The molecule has 0 aromatic heterocycles. The standard InChI is InChI=1S/C16H14BrFO3/c1-3-21-14-7-5-4-6-10(14)16(19)11-8-12(17)13(18)9-15(11)20-2/h4-9H,3H2,1-2H3. The Hall–Kier alpha value is -1.88. The Morgan fingerprint density at radius 1 is 1.19 bits per heavy atom. The predicted octanol–water partition coefficient (Wildman–Crippen LogP) is 4.23. The second-order valence-electron chi connectivity index (χ2n) is 4.22. The summed E-state index contributed by atoms with van der Waals surface area (Å²) in [5.41, 5.74) is 0.689. The summed E-state index contributed by atoms with van der Waals surface area (Å²) < 4.78 is 24.3. The highest BCUT2D eigenvalue weighted by molar-refractivity contribution is 9.10. The predicted molar refractivity (Wildman–Crippen MR) is 81.7 cm³/mol. The van der Waals surface area contributed by atoms with Crippen LogP contribution in [-0.2, 0) is 0 Å². The normalized spacial score (nSPS) is 10.3. The van der Waals surface area contributed by atoms with Crippen LogP contribution in [-0.4, -0.2) is 19.5 Å². The fourth-order valence-electron chi connectivity index (χ4n) is 1.96. The van der Waals surface area contributed by atoms with Crippen LogP contribution in [0.25, 0.3) is 0 Å². The maximum atomic E-state index is 13.5. The van der Waals surface area contributed by atoms with Crippen LogP contribution >= 0.6 is 15.9 Å². The lowest BCUT2D eigenvalue weighted by Crippen LogP contribution is -2.07. The van der Waals surface area contributed by atoms with E-state index in [0.717, 1.165) is 0 Å². The van der Waals surface area contributed by atoms with Crippen molar-refractivity contribution in [1.82, 2.24) is 0 Å². The van der Waals surface area contributed by atoms with Crippen LogP contribution in [0, 0.1) is 5.82 Å². The number of hydrogen-bond donors (Lipinski definition) is 0. The third kappa shape index (κ3) is 3.24. The number of halogens is 2. The molecule has 0 heterocycles. The molecule has 21 heavy (non-hydrogen) atoms. The smallest absolute Gasteiger partial charge is 0.200 e. The largest absolute Gasteiger partial charge is 0.496 e. The van der Waals surface area contributed by atoms with Gasteiger partial charge in [-0.3, -0.25) is 4.79 Å². The molecule has 0 bridgehead atoms. The van der Waals surface area contributed by atoms with E-state index in [-0.39, 0.29) is 21.6 Å². The molecule has 0 spiro atoms. The van der Waals surface area contributed by atoms with Crippen LogP contribution in [0.15, 0.2) is 40.9 Å². The second kappa shape index (κ2) is 6.72. The van der Waals surface area contributed by atoms with Gasteiger partial charge in [0.2, 0.25) is 5.78 Å². The van der Waals surface area contributed by atoms with E-state index in [4.69, 9.17) is 9.47 Å². The Morgan fingerprint density at radius 3 is 2.57 bits per heavy atom. The maximum absolute atomic E-state index is 13.5. The van der Waals surface area contributed by atoms with Gasteiger partial charge in [0.25, 0.3) is 0 Å². The number of carbonyl (C=O) groups excluding carboxylic acids is 1. The van der Waals surface area contributed by atoms with Crippen LogP contribution in [0.5, 0.6) is 11.5 Å². The molecule has 2 aromatic carbocycles. The van der Waals surface area contributed by atoms with Gasteiger partial charge >= 0.3 is 0 Å². The van der Waals surface area contributed by atoms with Crippen LogP contribution in [0.2, 0.25) is 0 Å². The molecule has 0 amide bonds. The van der Waals surface area contributed by atoms with Crippen molar-refractivity contribution in [3.63, 3.8) is 0 Å². The Bertz CT molecular complexity index is 671. The minimum absolute atomic E-state index is 0.187. The SMILES string of the molecule is CCOc1ccccc1C(=O)c1cc(Br)c(F)cc1OC. The summed E-state index contributed by atoms with van der Waals surface area (Å²) in [6, 6.07) is 9.53. The van der Waals surface area contributed by atoms with Crippen LogP contribution < -0.4 is 9.47 Å². The first kappa shape index (κ1) is 15.5. The first-order valence-electron chi connectivity index (χ1n) is 6.38. The lowest BCUT2D eigenvalue weighted by Gasteiger charge is -2.12. The minimum atomic E-state index is -0.485. The van der Waals surface area contributed by atoms with Gasteiger partial charge in [0.1, 0.15) is 17.3 Å². The fraction of sp³-hybridized carbons (Fsp3) is 0.188. The second-order valence-corrected chi connectivity index (χ2v) is 5.08. The van der Waals surface area contributed by atoms with Crippen molar-refractivity contribution in [2.45, 2.75) is 6.92 Å². The minimum Gasteiger partial charge on any atom is -0.496 e. The number of methoxy groups -OCH3 is 1. The number of para-hydroxylation sites is 1. The Balaban J connectivity index is 2.52. The molecular formula is C16H14BrFO3. The van der Waals surface area contributed by atoms with E-state index in [0.29, 0.717) is 17.9 Å². The van der Waals surface area contributed by atoms with Gasteiger partial charge in [-0.1, -0.05) is 12.1 Å². The topological polar surface area (TPSA) is 35.5 Å². The van der Waals surface area contributed by atoms with Crippen LogP contribution in [0.1, 0.15) is 22.8 Å². The fourth-order valence-corrected chi connectivity index (χ4v) is 2.30. The molecule has 0 atom stereocenters. The van der Waals surface area contributed by atoms with Gasteiger partial charge in [-0.15, -0.1) is 0 Å².